The average molecular weight is 459 g/mol. The number of benzene rings is 2. The van der Waals surface area contributed by atoms with E-state index in [0.717, 1.165) is 11.4 Å². The third-order valence-electron chi connectivity index (χ3n) is 4.98. The van der Waals surface area contributed by atoms with Gasteiger partial charge in [0.05, 0.1) is 34.6 Å². The van der Waals surface area contributed by atoms with Crippen molar-refractivity contribution < 1.29 is 14.3 Å². The lowest BCUT2D eigenvalue weighted by atomic mass is 10.0. The highest BCUT2D eigenvalue weighted by molar-refractivity contribution is 6.42. The summed E-state index contributed by atoms with van der Waals surface area (Å²) in [6.07, 6.45) is 0.547. The number of halogens is 2. The Labute approximate surface area is 189 Å². The molecule has 0 bridgehead atoms. The maximum atomic E-state index is 12.9. The van der Waals surface area contributed by atoms with Crippen LogP contribution in [-0.2, 0) is 17.7 Å². The van der Waals surface area contributed by atoms with Crippen molar-refractivity contribution in [2.75, 3.05) is 18.5 Å². The van der Waals surface area contributed by atoms with Crippen LogP contribution in [0, 0.1) is 0 Å². The molecule has 2 heterocycles. The van der Waals surface area contributed by atoms with E-state index >= 15 is 0 Å². The predicted octanol–water partition coefficient (Wildman–Crippen LogP) is 4.95. The van der Waals surface area contributed by atoms with E-state index in [1.54, 1.807) is 34.7 Å². The van der Waals surface area contributed by atoms with Gasteiger partial charge < -0.3 is 15.0 Å². The molecular formula is C22H20Cl2N4O3. The summed E-state index contributed by atoms with van der Waals surface area (Å²) in [5.74, 6) is -0.500. The average Bonchev–Trinajstić information content (AvgIpc) is 3.16. The van der Waals surface area contributed by atoms with Crippen LogP contribution in [0.1, 0.15) is 28.7 Å². The molecule has 2 aromatic carbocycles. The minimum Gasteiger partial charge on any atom is -0.461 e. The highest BCUT2D eigenvalue weighted by Gasteiger charge is 2.31. The SMILES string of the molecule is CCOC(=O)c1nn(-c2ccccc2)c2c1CN(C(=O)Nc1ccc(Cl)c(Cl)c1)CC2. The zero-order valence-electron chi connectivity index (χ0n) is 16.8. The Morgan fingerprint density at radius 1 is 1.13 bits per heavy atom. The molecule has 0 radical (unpaired) electrons. The Balaban J connectivity index is 1.62. The minimum absolute atomic E-state index is 0.229. The topological polar surface area (TPSA) is 76.5 Å². The smallest absolute Gasteiger partial charge is 0.359 e. The summed E-state index contributed by atoms with van der Waals surface area (Å²) in [7, 11) is 0. The van der Waals surface area contributed by atoms with Crippen molar-refractivity contribution in [1.29, 1.82) is 0 Å². The van der Waals surface area contributed by atoms with Gasteiger partial charge in [0.25, 0.3) is 0 Å². The number of carbonyl (C=O) groups excluding carboxylic acids is 2. The lowest BCUT2D eigenvalue weighted by Crippen LogP contribution is -2.39. The van der Waals surface area contributed by atoms with Crippen LogP contribution in [0.4, 0.5) is 10.5 Å². The zero-order chi connectivity index (χ0) is 22.0. The molecule has 1 N–H and O–H groups in total. The van der Waals surface area contributed by atoms with Crippen molar-refractivity contribution >= 4 is 40.9 Å². The Hall–Kier alpha value is -3.03. The van der Waals surface area contributed by atoms with Gasteiger partial charge in [-0.15, -0.1) is 0 Å². The van der Waals surface area contributed by atoms with E-state index in [2.05, 4.69) is 10.4 Å². The van der Waals surface area contributed by atoms with Crippen LogP contribution < -0.4 is 5.32 Å². The molecule has 9 heteroatoms. The van der Waals surface area contributed by atoms with Crippen LogP contribution >= 0.6 is 23.2 Å². The molecule has 160 valence electrons. The molecule has 7 nitrogen and oxygen atoms in total. The number of hydrogen-bond acceptors (Lipinski definition) is 4. The molecule has 0 aliphatic carbocycles. The summed E-state index contributed by atoms with van der Waals surface area (Å²) in [4.78, 5) is 27.0. The zero-order valence-corrected chi connectivity index (χ0v) is 18.3. The first-order chi connectivity index (χ1) is 15.0. The fraction of sp³-hybridized carbons (Fsp3) is 0.227. The lowest BCUT2D eigenvalue weighted by molar-refractivity contribution is 0.0516. The molecule has 31 heavy (non-hydrogen) atoms. The van der Waals surface area contributed by atoms with Crippen molar-refractivity contribution in [2.24, 2.45) is 0 Å². The Morgan fingerprint density at radius 3 is 2.61 bits per heavy atom. The Kier molecular flexibility index (Phi) is 6.15. The van der Waals surface area contributed by atoms with E-state index in [1.165, 1.54) is 0 Å². The molecule has 1 aliphatic heterocycles. The van der Waals surface area contributed by atoms with Gasteiger partial charge in [-0.25, -0.2) is 14.3 Å². The van der Waals surface area contributed by atoms with E-state index < -0.39 is 5.97 Å². The number of ether oxygens (including phenoxy) is 1. The van der Waals surface area contributed by atoms with Crippen molar-refractivity contribution in [3.63, 3.8) is 0 Å². The quantitative estimate of drug-likeness (QED) is 0.561. The first-order valence-electron chi connectivity index (χ1n) is 9.82. The van der Waals surface area contributed by atoms with E-state index in [1.807, 2.05) is 30.3 Å². The van der Waals surface area contributed by atoms with Gasteiger partial charge in [0.1, 0.15) is 0 Å². The second-order valence-electron chi connectivity index (χ2n) is 6.97. The number of hydrogen-bond donors (Lipinski definition) is 1. The fourth-order valence-electron chi connectivity index (χ4n) is 3.51. The number of rotatable bonds is 4. The molecule has 2 amide bonds. The van der Waals surface area contributed by atoms with Gasteiger partial charge in [0.2, 0.25) is 0 Å². The summed E-state index contributed by atoms with van der Waals surface area (Å²) < 4.78 is 6.96. The Bertz CT molecular complexity index is 1130. The predicted molar refractivity (Wildman–Crippen MR) is 119 cm³/mol. The van der Waals surface area contributed by atoms with Crippen LogP contribution in [0.3, 0.4) is 0 Å². The van der Waals surface area contributed by atoms with Crippen LogP contribution in [0.5, 0.6) is 0 Å². The molecule has 4 rings (SSSR count). The fourth-order valence-corrected chi connectivity index (χ4v) is 3.81. The summed E-state index contributed by atoms with van der Waals surface area (Å²) in [6.45, 7) is 2.70. The summed E-state index contributed by atoms with van der Waals surface area (Å²) >= 11 is 12.0. The van der Waals surface area contributed by atoms with Crippen molar-refractivity contribution in [3.8, 4) is 5.69 Å². The van der Waals surface area contributed by atoms with Gasteiger partial charge in [0, 0.05) is 24.2 Å². The molecule has 0 fully saturated rings. The summed E-state index contributed by atoms with van der Waals surface area (Å²) in [6, 6.07) is 14.2. The van der Waals surface area contributed by atoms with Crippen LogP contribution in [0.2, 0.25) is 10.0 Å². The van der Waals surface area contributed by atoms with Gasteiger partial charge in [-0.3, -0.25) is 0 Å². The Morgan fingerprint density at radius 2 is 1.90 bits per heavy atom. The third kappa shape index (κ3) is 4.38. The van der Waals surface area contributed by atoms with Crippen LogP contribution in [0.25, 0.3) is 5.69 Å². The molecule has 3 aromatic rings. The lowest BCUT2D eigenvalue weighted by Gasteiger charge is -2.28. The monoisotopic (exact) mass is 458 g/mol. The van der Waals surface area contributed by atoms with Gasteiger partial charge in [0.15, 0.2) is 5.69 Å². The highest BCUT2D eigenvalue weighted by Crippen LogP contribution is 2.28. The number of carbonyl (C=O) groups is 2. The highest BCUT2D eigenvalue weighted by atomic mass is 35.5. The van der Waals surface area contributed by atoms with Crippen molar-refractivity contribution in [2.45, 2.75) is 19.9 Å². The number of nitrogens with zero attached hydrogens (tertiary/aromatic N) is 3. The maximum absolute atomic E-state index is 12.9. The van der Waals surface area contributed by atoms with E-state index in [0.29, 0.717) is 34.3 Å². The number of aromatic nitrogens is 2. The minimum atomic E-state index is -0.500. The molecule has 0 spiro atoms. The van der Waals surface area contributed by atoms with Gasteiger partial charge in [-0.1, -0.05) is 41.4 Å². The maximum Gasteiger partial charge on any atom is 0.359 e. The van der Waals surface area contributed by atoms with E-state index in [4.69, 9.17) is 27.9 Å². The third-order valence-corrected chi connectivity index (χ3v) is 5.72. The van der Waals surface area contributed by atoms with E-state index in [9.17, 15) is 9.59 Å². The number of amides is 2. The molecule has 0 unspecified atom stereocenters. The first kappa shape index (κ1) is 21.2. The summed E-state index contributed by atoms with van der Waals surface area (Å²) in [5, 5.41) is 8.12. The van der Waals surface area contributed by atoms with E-state index in [-0.39, 0.29) is 24.9 Å². The number of fused-ring (bicyclic) bond motifs is 1. The summed E-state index contributed by atoms with van der Waals surface area (Å²) in [5.41, 5.74) is 3.21. The standard InChI is InChI=1S/C22H20Cl2N4O3/c1-2-31-21(29)20-16-13-27(22(30)25-14-8-9-17(23)18(24)12-14)11-10-19(16)28(26-20)15-6-4-3-5-7-15/h3-9,12H,2,10-11,13H2,1H3,(H,25,30). The van der Waals surface area contributed by atoms with Gasteiger partial charge in [-0.2, -0.15) is 5.10 Å². The number of urea groups is 1. The number of esters is 1. The van der Waals surface area contributed by atoms with Crippen LogP contribution in [-0.4, -0.2) is 39.8 Å². The van der Waals surface area contributed by atoms with Gasteiger partial charge >= 0.3 is 12.0 Å². The number of para-hydroxylation sites is 1. The molecular weight excluding hydrogens is 439 g/mol. The van der Waals surface area contributed by atoms with Crippen molar-refractivity contribution in [1.82, 2.24) is 14.7 Å². The second-order valence-corrected chi connectivity index (χ2v) is 7.79. The molecule has 0 atom stereocenters. The number of nitrogens with one attached hydrogen (secondary N) is 1. The number of anilines is 1. The van der Waals surface area contributed by atoms with Crippen molar-refractivity contribution in [3.05, 3.63) is 75.5 Å². The molecule has 0 saturated carbocycles. The van der Waals surface area contributed by atoms with Gasteiger partial charge in [-0.05, 0) is 37.3 Å². The molecule has 1 aromatic heterocycles. The first-order valence-corrected chi connectivity index (χ1v) is 10.6. The largest absolute Gasteiger partial charge is 0.461 e. The second kappa shape index (κ2) is 8.99. The van der Waals surface area contributed by atoms with Crippen LogP contribution in [0.15, 0.2) is 48.5 Å². The molecule has 1 aliphatic rings. The normalized spacial score (nSPS) is 12.9. The molecule has 0 saturated heterocycles.